The number of aromatic nitrogens is 1. The Labute approximate surface area is 133 Å². The Bertz CT molecular complexity index is 717. The van der Waals surface area contributed by atoms with Gasteiger partial charge in [0.2, 0.25) is 5.88 Å². The molecule has 0 saturated carbocycles. The minimum Gasteiger partial charge on any atom is -0.435 e. The summed E-state index contributed by atoms with van der Waals surface area (Å²) >= 11 is 0. The van der Waals surface area contributed by atoms with Crippen LogP contribution in [0, 0.1) is 5.82 Å². The molecule has 0 spiro atoms. The van der Waals surface area contributed by atoms with E-state index < -0.39 is 11.7 Å². The van der Waals surface area contributed by atoms with Crippen LogP contribution in [0.25, 0.3) is 0 Å². The number of carbonyl (C=O) groups excluding carboxylic acids is 1. The molecule has 7 heteroatoms. The lowest BCUT2D eigenvalue weighted by Gasteiger charge is -2.29. The van der Waals surface area contributed by atoms with E-state index in [1.54, 1.807) is 12.1 Å². The van der Waals surface area contributed by atoms with Crippen LogP contribution in [0.5, 0.6) is 11.6 Å². The highest BCUT2D eigenvalue weighted by molar-refractivity contribution is 5.95. The first kappa shape index (κ1) is 15.2. The minimum absolute atomic E-state index is 0.00471. The number of nitrogens with zero attached hydrogens (tertiary/aromatic N) is 2. The first-order valence-electron chi connectivity index (χ1n) is 7.33. The zero-order valence-corrected chi connectivity index (χ0v) is 12.5. The first-order valence-corrected chi connectivity index (χ1v) is 7.33. The Morgan fingerprint density at radius 2 is 2.09 bits per heavy atom. The highest BCUT2D eigenvalue weighted by Gasteiger charge is 2.16. The number of piperazine rings is 1. The van der Waals surface area contributed by atoms with Crippen molar-refractivity contribution in [1.29, 1.82) is 0 Å². The van der Waals surface area contributed by atoms with E-state index in [0.29, 0.717) is 0 Å². The molecule has 1 fully saturated rings. The Morgan fingerprint density at radius 1 is 1.30 bits per heavy atom. The number of hydrogen-bond acceptors (Lipinski definition) is 5. The number of hydrogen-bond donors (Lipinski definition) is 2. The number of primary amides is 1. The number of halogens is 1. The van der Waals surface area contributed by atoms with E-state index in [1.165, 1.54) is 24.4 Å². The van der Waals surface area contributed by atoms with E-state index in [0.717, 1.165) is 31.9 Å². The summed E-state index contributed by atoms with van der Waals surface area (Å²) in [5, 5.41) is 3.25. The molecule has 1 aliphatic rings. The van der Waals surface area contributed by atoms with Gasteiger partial charge in [-0.05, 0) is 24.3 Å². The molecule has 1 aromatic carbocycles. The molecule has 1 aromatic heterocycles. The number of amides is 1. The quantitative estimate of drug-likeness (QED) is 0.894. The molecule has 1 amide bonds. The molecule has 6 nitrogen and oxygen atoms in total. The molecular weight excluding hydrogens is 299 g/mol. The van der Waals surface area contributed by atoms with E-state index in [-0.39, 0.29) is 17.2 Å². The predicted molar refractivity (Wildman–Crippen MR) is 84.3 cm³/mol. The second-order valence-corrected chi connectivity index (χ2v) is 5.17. The van der Waals surface area contributed by atoms with Crippen molar-refractivity contribution < 1.29 is 13.9 Å². The molecule has 2 aromatic rings. The number of nitrogens with two attached hydrogens (primary N) is 1. The number of benzene rings is 1. The summed E-state index contributed by atoms with van der Waals surface area (Å²) in [7, 11) is 0. The van der Waals surface area contributed by atoms with Crippen LogP contribution in [0.1, 0.15) is 10.4 Å². The summed E-state index contributed by atoms with van der Waals surface area (Å²) in [4.78, 5) is 17.4. The van der Waals surface area contributed by atoms with Crippen LogP contribution in [0.2, 0.25) is 0 Å². The van der Waals surface area contributed by atoms with Crippen molar-refractivity contribution >= 4 is 11.6 Å². The highest BCUT2D eigenvalue weighted by atomic mass is 19.1. The lowest BCUT2D eigenvalue weighted by molar-refractivity contribution is 0.0997. The van der Waals surface area contributed by atoms with Crippen LogP contribution in [-0.2, 0) is 0 Å². The largest absolute Gasteiger partial charge is 0.435 e. The summed E-state index contributed by atoms with van der Waals surface area (Å²) in [5.74, 6) is -1.19. The molecule has 0 unspecified atom stereocenters. The lowest BCUT2D eigenvalue weighted by Crippen LogP contribution is -2.43. The molecule has 3 rings (SSSR count). The van der Waals surface area contributed by atoms with Gasteiger partial charge in [-0.1, -0.05) is 0 Å². The third-order valence-electron chi connectivity index (χ3n) is 3.64. The van der Waals surface area contributed by atoms with Gasteiger partial charge in [0.25, 0.3) is 5.91 Å². The summed E-state index contributed by atoms with van der Waals surface area (Å²) in [5.41, 5.74) is 6.17. The fourth-order valence-electron chi connectivity index (χ4n) is 2.46. The van der Waals surface area contributed by atoms with E-state index in [1.807, 2.05) is 0 Å². The SMILES string of the molecule is NC(=O)c1cccnc1Oc1ccc(N2CCNCC2)cc1F. The third-order valence-corrected chi connectivity index (χ3v) is 3.64. The van der Waals surface area contributed by atoms with Crippen molar-refractivity contribution in [3.8, 4) is 11.6 Å². The Balaban J connectivity index is 1.83. The van der Waals surface area contributed by atoms with Gasteiger partial charge in [-0.3, -0.25) is 4.79 Å². The number of carbonyl (C=O) groups is 1. The number of ether oxygens (including phenoxy) is 1. The summed E-state index contributed by atoms with van der Waals surface area (Å²) in [6.45, 7) is 3.39. The van der Waals surface area contributed by atoms with E-state index >= 15 is 0 Å². The molecule has 120 valence electrons. The van der Waals surface area contributed by atoms with Crippen LogP contribution >= 0.6 is 0 Å². The van der Waals surface area contributed by atoms with E-state index in [2.05, 4.69) is 15.2 Å². The van der Waals surface area contributed by atoms with Gasteiger partial charge < -0.3 is 20.7 Å². The van der Waals surface area contributed by atoms with Gasteiger partial charge in [-0.2, -0.15) is 0 Å². The smallest absolute Gasteiger partial charge is 0.254 e. The molecule has 1 aliphatic heterocycles. The van der Waals surface area contributed by atoms with Crippen molar-refractivity contribution in [3.05, 3.63) is 47.9 Å². The van der Waals surface area contributed by atoms with Crippen molar-refractivity contribution in [2.24, 2.45) is 5.73 Å². The summed E-state index contributed by atoms with van der Waals surface area (Å²) < 4.78 is 19.7. The zero-order chi connectivity index (χ0) is 16.2. The lowest BCUT2D eigenvalue weighted by atomic mass is 10.2. The van der Waals surface area contributed by atoms with Crippen molar-refractivity contribution in [3.63, 3.8) is 0 Å². The van der Waals surface area contributed by atoms with Crippen LogP contribution in [0.3, 0.4) is 0 Å². The molecule has 0 atom stereocenters. The number of pyridine rings is 1. The summed E-state index contributed by atoms with van der Waals surface area (Å²) in [6.07, 6.45) is 1.45. The maximum absolute atomic E-state index is 14.3. The highest BCUT2D eigenvalue weighted by Crippen LogP contribution is 2.28. The Kier molecular flexibility index (Phi) is 4.38. The standard InChI is InChI=1S/C16H17FN4O2/c17-13-10-11(21-8-6-19-7-9-21)3-4-14(13)23-16-12(15(18)22)2-1-5-20-16/h1-5,10,19H,6-9H2,(H2,18,22). The van der Waals surface area contributed by atoms with Gasteiger partial charge in [0, 0.05) is 44.1 Å². The minimum atomic E-state index is -0.675. The molecule has 1 saturated heterocycles. The summed E-state index contributed by atoms with van der Waals surface area (Å²) in [6, 6.07) is 7.80. The van der Waals surface area contributed by atoms with Gasteiger partial charge in [0.15, 0.2) is 11.6 Å². The van der Waals surface area contributed by atoms with Gasteiger partial charge >= 0.3 is 0 Å². The number of anilines is 1. The van der Waals surface area contributed by atoms with E-state index in [4.69, 9.17) is 10.5 Å². The Morgan fingerprint density at radius 3 is 2.78 bits per heavy atom. The van der Waals surface area contributed by atoms with Gasteiger partial charge in [0.05, 0.1) is 0 Å². The second-order valence-electron chi connectivity index (χ2n) is 5.17. The predicted octanol–water partition coefficient (Wildman–Crippen LogP) is 1.52. The van der Waals surface area contributed by atoms with Gasteiger partial charge in [0.1, 0.15) is 5.56 Å². The first-order chi connectivity index (χ1) is 11.1. The fourth-order valence-corrected chi connectivity index (χ4v) is 2.46. The van der Waals surface area contributed by atoms with Crippen molar-refractivity contribution in [1.82, 2.24) is 10.3 Å². The molecule has 3 N–H and O–H groups in total. The Hall–Kier alpha value is -2.67. The number of nitrogens with one attached hydrogen (secondary N) is 1. The molecule has 0 bridgehead atoms. The van der Waals surface area contributed by atoms with E-state index in [9.17, 15) is 9.18 Å². The molecule has 23 heavy (non-hydrogen) atoms. The van der Waals surface area contributed by atoms with Crippen molar-refractivity contribution in [2.75, 3.05) is 31.1 Å². The topological polar surface area (TPSA) is 80.5 Å². The van der Waals surface area contributed by atoms with Crippen molar-refractivity contribution in [2.45, 2.75) is 0 Å². The second kappa shape index (κ2) is 6.62. The molecule has 2 heterocycles. The van der Waals surface area contributed by atoms with Crippen LogP contribution in [-0.4, -0.2) is 37.1 Å². The molecule has 0 aliphatic carbocycles. The fraction of sp³-hybridized carbons (Fsp3) is 0.250. The van der Waals surface area contributed by atoms with Gasteiger partial charge in [-0.25, -0.2) is 9.37 Å². The maximum Gasteiger partial charge on any atom is 0.254 e. The third kappa shape index (κ3) is 3.40. The maximum atomic E-state index is 14.3. The molecule has 0 radical (unpaired) electrons. The van der Waals surface area contributed by atoms with Crippen LogP contribution in [0.4, 0.5) is 10.1 Å². The molecular formula is C16H17FN4O2. The van der Waals surface area contributed by atoms with Gasteiger partial charge in [-0.15, -0.1) is 0 Å². The zero-order valence-electron chi connectivity index (χ0n) is 12.5. The monoisotopic (exact) mass is 316 g/mol. The average Bonchev–Trinajstić information content (AvgIpc) is 2.58. The normalized spacial score (nSPS) is 14.6. The number of rotatable bonds is 4. The average molecular weight is 316 g/mol. The van der Waals surface area contributed by atoms with Crippen LogP contribution < -0.4 is 20.7 Å². The van der Waals surface area contributed by atoms with Crippen LogP contribution in [0.15, 0.2) is 36.5 Å².